The maximum Gasteiger partial charge on any atom is 0.326 e. The van der Waals surface area contributed by atoms with Crippen LogP contribution in [0.3, 0.4) is 0 Å². The minimum Gasteiger partial charge on any atom is -0.480 e. The number of aliphatic carboxylic acids is 1. The van der Waals surface area contributed by atoms with Gasteiger partial charge in [0.2, 0.25) is 41.4 Å². The van der Waals surface area contributed by atoms with Gasteiger partial charge >= 0.3 is 5.97 Å². The van der Waals surface area contributed by atoms with Gasteiger partial charge in [0.25, 0.3) is 0 Å². The highest BCUT2D eigenvalue weighted by Gasteiger charge is 2.26. The van der Waals surface area contributed by atoms with Crippen LogP contribution >= 0.6 is 0 Å². The van der Waals surface area contributed by atoms with E-state index >= 15 is 0 Å². The van der Waals surface area contributed by atoms with E-state index in [1.165, 1.54) is 0 Å². The van der Waals surface area contributed by atoms with E-state index in [2.05, 4.69) is 16.0 Å². The molecule has 0 aliphatic carbocycles. The average Bonchev–Trinajstić information content (AvgIpc) is 2.67. The van der Waals surface area contributed by atoms with Gasteiger partial charge < -0.3 is 49.3 Å². The van der Waals surface area contributed by atoms with Gasteiger partial charge in [-0.15, -0.1) is 0 Å². The third-order valence-corrected chi connectivity index (χ3v) is 3.70. The van der Waals surface area contributed by atoms with E-state index in [0.29, 0.717) is 0 Å². The molecule has 33 heavy (non-hydrogen) atoms. The monoisotopic (exact) mass is 474 g/mol. The van der Waals surface area contributed by atoms with Gasteiger partial charge in [-0.2, -0.15) is 0 Å². The van der Waals surface area contributed by atoms with Gasteiger partial charge in [0, 0.05) is 0 Å². The van der Waals surface area contributed by atoms with Crippen LogP contribution in [-0.4, -0.2) is 83.6 Å². The summed E-state index contributed by atoms with van der Waals surface area (Å²) in [6.07, 6.45) is -1.83. The van der Waals surface area contributed by atoms with Crippen molar-refractivity contribution < 1.29 is 43.5 Å². The summed E-state index contributed by atoms with van der Waals surface area (Å²) in [6.45, 7) is -1.45. The number of primary amides is 3. The lowest BCUT2D eigenvalue weighted by Crippen LogP contribution is -2.54. The molecule has 0 aliphatic rings. The van der Waals surface area contributed by atoms with Crippen LogP contribution < -0.4 is 44.2 Å². The molecule has 13 N–H and O–H groups in total. The van der Waals surface area contributed by atoms with Gasteiger partial charge in [-0.3, -0.25) is 33.6 Å². The molecule has 17 heteroatoms. The first-order chi connectivity index (χ1) is 15.2. The van der Waals surface area contributed by atoms with Crippen molar-refractivity contribution in [1.29, 1.82) is 0 Å². The summed E-state index contributed by atoms with van der Waals surface area (Å²) in [5.41, 5.74) is 20.2. The molecule has 184 valence electrons. The maximum absolute atomic E-state index is 12.2. The summed E-state index contributed by atoms with van der Waals surface area (Å²) in [5.74, 6) is -8.20. The van der Waals surface area contributed by atoms with Crippen molar-refractivity contribution in [2.45, 2.75) is 37.4 Å². The fraction of sp³-hybridized carbons (Fsp3) is 0.500. The summed E-state index contributed by atoms with van der Waals surface area (Å²) in [7, 11) is 0. The zero-order valence-corrected chi connectivity index (χ0v) is 17.3. The van der Waals surface area contributed by atoms with Crippen molar-refractivity contribution in [2.75, 3.05) is 13.1 Å². The SMILES string of the molecule is NC(=O)C[C@H](NC(=O)CNC(=O)[C@H](CC(N)=O)NC(=O)CNC(=O)[C@@H](N)CC(N)=O)C(=O)O. The topological polar surface area (TPSA) is 309 Å². The summed E-state index contributed by atoms with van der Waals surface area (Å²) in [6, 6.07) is -4.47. The number of nitrogens with two attached hydrogens (primary N) is 4. The molecule has 0 aromatic heterocycles. The second-order valence-electron chi connectivity index (χ2n) is 6.63. The highest BCUT2D eigenvalue weighted by Crippen LogP contribution is 1.94. The van der Waals surface area contributed by atoms with Crippen LogP contribution in [0.2, 0.25) is 0 Å². The standard InChI is InChI=1S/C16H26N8O9/c17-6(1-9(18)25)14(30)21-4-12(28)23-7(2-10(19)26)15(31)22-5-13(29)24-8(16(32)33)3-11(20)27/h6-8H,1-5,17H2,(H2,18,25)(H2,19,26)(H2,20,27)(H,21,30)(H,22,31)(H,23,28)(H,24,29)(H,32,33)/t6-,7-,8-/m0/s1. The zero-order chi connectivity index (χ0) is 25.7. The molecule has 3 atom stereocenters. The van der Waals surface area contributed by atoms with Gasteiger partial charge in [0.1, 0.15) is 12.1 Å². The summed E-state index contributed by atoms with van der Waals surface area (Å²) < 4.78 is 0. The number of amides is 7. The lowest BCUT2D eigenvalue weighted by molar-refractivity contribution is -0.143. The molecule has 0 aromatic carbocycles. The zero-order valence-electron chi connectivity index (χ0n) is 17.3. The Balaban J connectivity index is 4.83. The first kappa shape index (κ1) is 28.7. The van der Waals surface area contributed by atoms with E-state index < -0.39 is 97.8 Å². The Hall–Kier alpha value is -4.28. The van der Waals surface area contributed by atoms with E-state index in [9.17, 15) is 38.4 Å². The van der Waals surface area contributed by atoms with E-state index in [1.807, 2.05) is 5.32 Å². The van der Waals surface area contributed by atoms with Crippen LogP contribution in [0.4, 0.5) is 0 Å². The molecule has 0 rings (SSSR count). The molecule has 0 aromatic rings. The first-order valence-electron chi connectivity index (χ1n) is 9.20. The van der Waals surface area contributed by atoms with Crippen molar-refractivity contribution in [2.24, 2.45) is 22.9 Å². The maximum atomic E-state index is 12.2. The van der Waals surface area contributed by atoms with Crippen LogP contribution in [0.25, 0.3) is 0 Å². The van der Waals surface area contributed by atoms with Crippen molar-refractivity contribution in [3.05, 3.63) is 0 Å². The van der Waals surface area contributed by atoms with Crippen molar-refractivity contribution >= 4 is 47.3 Å². The molecule has 0 heterocycles. The van der Waals surface area contributed by atoms with Gasteiger partial charge in [0.15, 0.2) is 0 Å². The lowest BCUT2D eigenvalue weighted by Gasteiger charge is -2.18. The molecule has 17 nitrogen and oxygen atoms in total. The minimum atomic E-state index is -1.63. The number of carbonyl (C=O) groups excluding carboxylic acids is 7. The Labute approximate surface area is 186 Å². The molecule has 0 aliphatic heterocycles. The second-order valence-corrected chi connectivity index (χ2v) is 6.63. The largest absolute Gasteiger partial charge is 0.480 e. The fourth-order valence-corrected chi connectivity index (χ4v) is 2.20. The summed E-state index contributed by atoms with van der Waals surface area (Å²) in [5, 5.41) is 17.1. The Bertz CT molecular complexity index is 816. The highest BCUT2D eigenvalue weighted by molar-refractivity contribution is 5.96. The molecule has 0 unspecified atom stereocenters. The quantitative estimate of drug-likeness (QED) is 0.108. The van der Waals surface area contributed by atoms with Gasteiger partial charge in [-0.25, -0.2) is 4.79 Å². The molecule has 0 saturated carbocycles. The highest BCUT2D eigenvalue weighted by atomic mass is 16.4. The smallest absolute Gasteiger partial charge is 0.326 e. The van der Waals surface area contributed by atoms with Crippen LogP contribution in [0.15, 0.2) is 0 Å². The molecule has 7 amide bonds. The number of hydrogen-bond acceptors (Lipinski definition) is 9. The van der Waals surface area contributed by atoms with Crippen molar-refractivity contribution in [1.82, 2.24) is 21.3 Å². The van der Waals surface area contributed by atoms with Crippen LogP contribution in [0, 0.1) is 0 Å². The van der Waals surface area contributed by atoms with Crippen LogP contribution in [0.5, 0.6) is 0 Å². The number of rotatable bonds is 15. The second kappa shape index (κ2) is 13.9. The number of carboxylic acid groups (broad SMARTS) is 1. The van der Waals surface area contributed by atoms with Crippen LogP contribution in [0.1, 0.15) is 19.3 Å². The third-order valence-electron chi connectivity index (χ3n) is 3.70. The predicted molar refractivity (Wildman–Crippen MR) is 107 cm³/mol. The predicted octanol–water partition coefficient (Wildman–Crippen LogP) is -6.77. The van der Waals surface area contributed by atoms with E-state index in [4.69, 9.17) is 28.0 Å². The van der Waals surface area contributed by atoms with Gasteiger partial charge in [-0.05, 0) is 0 Å². The molecule has 0 saturated heterocycles. The Kier molecular flexibility index (Phi) is 12.1. The molecule has 0 fully saturated rings. The van der Waals surface area contributed by atoms with Crippen molar-refractivity contribution in [3.8, 4) is 0 Å². The molecule has 0 bridgehead atoms. The fourth-order valence-electron chi connectivity index (χ4n) is 2.20. The van der Waals surface area contributed by atoms with Gasteiger partial charge in [0.05, 0.1) is 38.4 Å². The summed E-state index contributed by atoms with van der Waals surface area (Å²) in [4.78, 5) is 91.4. The lowest BCUT2D eigenvalue weighted by atomic mass is 10.1. The van der Waals surface area contributed by atoms with Crippen LogP contribution in [-0.2, 0) is 38.4 Å². The molecular formula is C16H26N8O9. The number of carboxylic acids is 1. The minimum absolute atomic E-state index is 0.468. The Morgan fingerprint density at radius 1 is 0.636 bits per heavy atom. The molecule has 0 spiro atoms. The van der Waals surface area contributed by atoms with Gasteiger partial charge in [-0.1, -0.05) is 0 Å². The Morgan fingerprint density at radius 3 is 1.45 bits per heavy atom. The summed E-state index contributed by atoms with van der Waals surface area (Å²) >= 11 is 0. The first-order valence-corrected chi connectivity index (χ1v) is 9.20. The number of carbonyl (C=O) groups is 8. The number of nitrogens with one attached hydrogen (secondary N) is 4. The molecular weight excluding hydrogens is 448 g/mol. The van der Waals surface area contributed by atoms with E-state index in [0.717, 1.165) is 0 Å². The van der Waals surface area contributed by atoms with E-state index in [1.54, 1.807) is 0 Å². The van der Waals surface area contributed by atoms with Crippen molar-refractivity contribution in [3.63, 3.8) is 0 Å². The Morgan fingerprint density at radius 2 is 1.03 bits per heavy atom. The van der Waals surface area contributed by atoms with E-state index in [-0.39, 0.29) is 0 Å². The number of hydrogen-bond donors (Lipinski definition) is 9. The molecule has 0 radical (unpaired) electrons. The third kappa shape index (κ3) is 12.9. The average molecular weight is 474 g/mol. The normalized spacial score (nSPS) is 12.9.